The molecule has 0 aliphatic carbocycles. The Kier molecular flexibility index (Phi) is 6.53. The highest BCUT2D eigenvalue weighted by molar-refractivity contribution is 7.17. The number of amides is 2. The molecule has 0 aliphatic heterocycles. The van der Waals surface area contributed by atoms with E-state index in [4.69, 9.17) is 0 Å². The van der Waals surface area contributed by atoms with Crippen molar-refractivity contribution in [3.8, 4) is 10.6 Å². The number of halogens is 6. The Bertz CT molecular complexity index is 1180. The number of alkyl halides is 3. The van der Waals surface area contributed by atoms with Crippen LogP contribution in [0.25, 0.3) is 10.6 Å². The van der Waals surface area contributed by atoms with E-state index in [0.717, 1.165) is 29.5 Å². The van der Waals surface area contributed by atoms with Gasteiger partial charge in [0.2, 0.25) is 5.91 Å². The number of aromatic nitrogens is 1. The SMILES string of the molecule is Cc1nc(-c2ccc(C(F)(F)F)cc2)sc1C(=O)NCC(=O)Nc1ccc(F)c(F)c1F. The van der Waals surface area contributed by atoms with E-state index >= 15 is 0 Å². The smallest absolute Gasteiger partial charge is 0.342 e. The average molecular weight is 473 g/mol. The minimum atomic E-state index is -4.48. The van der Waals surface area contributed by atoms with Crippen molar-refractivity contribution in [3.05, 3.63) is 70.0 Å². The molecule has 0 unspecified atom stereocenters. The van der Waals surface area contributed by atoms with Crippen LogP contribution in [0.5, 0.6) is 0 Å². The summed E-state index contributed by atoms with van der Waals surface area (Å²) in [6.45, 7) is 0.903. The number of nitrogens with one attached hydrogen (secondary N) is 2. The fraction of sp³-hybridized carbons (Fsp3) is 0.150. The molecule has 0 aliphatic rings. The van der Waals surface area contributed by atoms with Crippen LogP contribution in [0.4, 0.5) is 32.0 Å². The Morgan fingerprint density at radius 3 is 2.28 bits per heavy atom. The van der Waals surface area contributed by atoms with Gasteiger partial charge in [0.25, 0.3) is 5.91 Å². The van der Waals surface area contributed by atoms with Crippen LogP contribution in [-0.4, -0.2) is 23.3 Å². The van der Waals surface area contributed by atoms with Crippen LogP contribution in [0.1, 0.15) is 20.9 Å². The van der Waals surface area contributed by atoms with Gasteiger partial charge < -0.3 is 10.6 Å². The van der Waals surface area contributed by atoms with Gasteiger partial charge in [0, 0.05) is 5.56 Å². The van der Waals surface area contributed by atoms with Gasteiger partial charge in [-0.3, -0.25) is 9.59 Å². The van der Waals surface area contributed by atoms with Crippen LogP contribution in [0.15, 0.2) is 36.4 Å². The molecule has 0 fully saturated rings. The summed E-state index contributed by atoms with van der Waals surface area (Å²) >= 11 is 0.908. The van der Waals surface area contributed by atoms with E-state index in [9.17, 15) is 35.9 Å². The summed E-state index contributed by atoms with van der Waals surface area (Å²) < 4.78 is 77.8. The highest BCUT2D eigenvalue weighted by Crippen LogP contribution is 2.33. The maximum absolute atomic E-state index is 13.6. The van der Waals surface area contributed by atoms with E-state index in [0.29, 0.717) is 16.6 Å². The summed E-state index contributed by atoms with van der Waals surface area (Å²) in [6.07, 6.45) is -4.48. The van der Waals surface area contributed by atoms with Crippen LogP contribution >= 0.6 is 11.3 Å². The molecule has 0 saturated heterocycles. The van der Waals surface area contributed by atoms with Gasteiger partial charge in [-0.05, 0) is 31.2 Å². The summed E-state index contributed by atoms with van der Waals surface area (Å²) in [5.74, 6) is -6.34. The van der Waals surface area contributed by atoms with Gasteiger partial charge in [-0.15, -0.1) is 11.3 Å². The molecule has 0 radical (unpaired) electrons. The van der Waals surface area contributed by atoms with Crippen molar-refractivity contribution in [3.63, 3.8) is 0 Å². The summed E-state index contributed by atoms with van der Waals surface area (Å²) in [7, 11) is 0. The first-order chi connectivity index (χ1) is 15.0. The summed E-state index contributed by atoms with van der Waals surface area (Å²) in [5, 5.41) is 4.59. The standard InChI is InChI=1S/C20H13F6N3O2S/c1-9-17(32-19(28-9)10-2-4-11(5-3-10)20(24,25)26)18(31)27-8-14(30)29-13-7-6-12(21)15(22)16(13)23/h2-7H,8H2,1H3,(H,27,31)(H,29,30). The quantitative estimate of drug-likeness (QED) is 0.408. The van der Waals surface area contributed by atoms with Gasteiger partial charge in [0.15, 0.2) is 17.5 Å². The lowest BCUT2D eigenvalue weighted by Gasteiger charge is -2.08. The van der Waals surface area contributed by atoms with Crippen molar-refractivity contribution in [2.75, 3.05) is 11.9 Å². The lowest BCUT2D eigenvalue weighted by atomic mass is 10.1. The van der Waals surface area contributed by atoms with Crippen molar-refractivity contribution in [1.82, 2.24) is 10.3 Å². The van der Waals surface area contributed by atoms with Gasteiger partial charge in [-0.2, -0.15) is 13.2 Å². The maximum atomic E-state index is 13.6. The van der Waals surface area contributed by atoms with Gasteiger partial charge in [0.05, 0.1) is 23.5 Å². The molecule has 5 nitrogen and oxygen atoms in total. The number of nitrogens with zero attached hydrogens (tertiary/aromatic N) is 1. The highest BCUT2D eigenvalue weighted by Gasteiger charge is 2.30. The number of hydrogen-bond acceptors (Lipinski definition) is 4. The molecule has 3 aromatic rings. The van der Waals surface area contributed by atoms with Gasteiger partial charge in [-0.25, -0.2) is 18.2 Å². The highest BCUT2D eigenvalue weighted by atomic mass is 32.1. The first kappa shape index (κ1) is 23.3. The number of hydrogen-bond donors (Lipinski definition) is 2. The number of benzene rings is 2. The molecule has 0 saturated carbocycles. The Hall–Kier alpha value is -3.41. The monoisotopic (exact) mass is 473 g/mol. The van der Waals surface area contributed by atoms with Crippen molar-refractivity contribution < 1.29 is 35.9 Å². The molecule has 3 rings (SSSR count). The minimum absolute atomic E-state index is 0.117. The molecular formula is C20H13F6N3O2S. The van der Waals surface area contributed by atoms with E-state index in [1.54, 1.807) is 0 Å². The molecule has 2 amide bonds. The second-order valence-electron chi connectivity index (χ2n) is 6.46. The Morgan fingerprint density at radius 2 is 1.66 bits per heavy atom. The van der Waals surface area contributed by atoms with E-state index < -0.39 is 53.2 Å². The molecule has 0 atom stereocenters. The van der Waals surface area contributed by atoms with Gasteiger partial charge in [-0.1, -0.05) is 12.1 Å². The molecule has 0 spiro atoms. The van der Waals surface area contributed by atoms with Crippen molar-refractivity contribution in [2.24, 2.45) is 0 Å². The first-order valence-corrected chi connectivity index (χ1v) is 9.65. The predicted octanol–water partition coefficient (Wildman–Crippen LogP) is 4.92. The zero-order valence-corrected chi connectivity index (χ0v) is 16.9. The first-order valence-electron chi connectivity index (χ1n) is 8.84. The zero-order valence-electron chi connectivity index (χ0n) is 16.1. The van der Waals surface area contributed by atoms with E-state index in [1.807, 2.05) is 5.32 Å². The normalized spacial score (nSPS) is 11.3. The van der Waals surface area contributed by atoms with Crippen LogP contribution in [-0.2, 0) is 11.0 Å². The van der Waals surface area contributed by atoms with E-state index in [-0.39, 0.29) is 10.6 Å². The van der Waals surface area contributed by atoms with Crippen molar-refractivity contribution >= 4 is 28.8 Å². The minimum Gasteiger partial charge on any atom is -0.342 e. The fourth-order valence-electron chi connectivity index (χ4n) is 2.59. The molecule has 2 aromatic carbocycles. The number of aryl methyl sites for hydroxylation is 1. The largest absolute Gasteiger partial charge is 0.416 e. The van der Waals surface area contributed by atoms with Crippen molar-refractivity contribution in [2.45, 2.75) is 13.1 Å². The molecule has 2 N–H and O–H groups in total. The summed E-state index contributed by atoms with van der Waals surface area (Å²) in [6, 6.07) is 5.72. The summed E-state index contributed by atoms with van der Waals surface area (Å²) in [4.78, 5) is 28.6. The third kappa shape index (κ3) is 5.07. The predicted molar refractivity (Wildman–Crippen MR) is 105 cm³/mol. The molecule has 0 bridgehead atoms. The lowest BCUT2D eigenvalue weighted by molar-refractivity contribution is -0.137. The fourth-order valence-corrected chi connectivity index (χ4v) is 3.58. The van der Waals surface area contributed by atoms with Gasteiger partial charge >= 0.3 is 6.18 Å². The second kappa shape index (κ2) is 8.99. The van der Waals surface area contributed by atoms with Crippen molar-refractivity contribution in [1.29, 1.82) is 0 Å². The van der Waals surface area contributed by atoms with Crippen LogP contribution in [0.3, 0.4) is 0 Å². The zero-order chi connectivity index (χ0) is 23.6. The Morgan fingerprint density at radius 1 is 1.00 bits per heavy atom. The summed E-state index contributed by atoms with van der Waals surface area (Å²) in [5.41, 5.74) is -0.760. The molecule has 1 aromatic heterocycles. The third-order valence-electron chi connectivity index (χ3n) is 4.18. The topological polar surface area (TPSA) is 71.1 Å². The third-order valence-corrected chi connectivity index (χ3v) is 5.39. The van der Waals surface area contributed by atoms with Crippen LogP contribution in [0, 0.1) is 24.4 Å². The van der Waals surface area contributed by atoms with Crippen LogP contribution in [0.2, 0.25) is 0 Å². The average Bonchev–Trinajstić information content (AvgIpc) is 3.13. The molecular weight excluding hydrogens is 460 g/mol. The molecule has 168 valence electrons. The van der Waals surface area contributed by atoms with E-state index in [2.05, 4.69) is 10.3 Å². The number of carbonyl (C=O) groups excluding carboxylic acids is 2. The molecule has 12 heteroatoms. The Labute approximate surface area is 181 Å². The Balaban J connectivity index is 1.65. The number of rotatable bonds is 5. The van der Waals surface area contributed by atoms with E-state index in [1.165, 1.54) is 19.1 Å². The number of carbonyl (C=O) groups is 2. The number of thiazole rings is 1. The number of anilines is 1. The molecule has 32 heavy (non-hydrogen) atoms. The lowest BCUT2D eigenvalue weighted by Crippen LogP contribution is -2.33. The second-order valence-corrected chi connectivity index (χ2v) is 7.46. The van der Waals surface area contributed by atoms with Gasteiger partial charge in [0.1, 0.15) is 9.88 Å². The molecule has 1 heterocycles. The maximum Gasteiger partial charge on any atom is 0.416 e. The van der Waals surface area contributed by atoms with Crippen LogP contribution < -0.4 is 10.6 Å².